The number of anilines is 1. The standard InChI is InChI=1S/C23H21N5O2/c1-14-11-18(15(2)26-19-6-4-3-5-17(19)22(24)30)23-27-20(12-21(29)28(23)13-14)16-7-9-25-10-8-16/h3-13,15,26H,1-2H3,(H2,24,30)/t15-/m1/s1. The Bertz CT molecular complexity index is 1300. The number of nitrogens with zero attached hydrogens (tertiary/aromatic N) is 3. The van der Waals surface area contributed by atoms with Gasteiger partial charge >= 0.3 is 0 Å². The minimum Gasteiger partial charge on any atom is -0.378 e. The molecule has 0 spiro atoms. The molecule has 4 aromatic rings. The third kappa shape index (κ3) is 3.65. The van der Waals surface area contributed by atoms with E-state index in [0.717, 1.165) is 16.7 Å². The number of hydrogen-bond acceptors (Lipinski definition) is 5. The first-order valence-electron chi connectivity index (χ1n) is 9.54. The second-order valence-electron chi connectivity index (χ2n) is 7.16. The molecule has 0 aliphatic carbocycles. The van der Waals surface area contributed by atoms with Crippen molar-refractivity contribution in [1.29, 1.82) is 0 Å². The zero-order valence-electron chi connectivity index (χ0n) is 16.7. The van der Waals surface area contributed by atoms with E-state index in [0.29, 0.717) is 22.6 Å². The molecule has 3 aromatic heterocycles. The number of rotatable bonds is 5. The number of pyridine rings is 2. The maximum absolute atomic E-state index is 12.8. The molecule has 0 aliphatic rings. The molecule has 0 radical (unpaired) electrons. The van der Waals surface area contributed by atoms with Gasteiger partial charge < -0.3 is 11.1 Å². The van der Waals surface area contributed by atoms with E-state index in [9.17, 15) is 9.59 Å². The topological polar surface area (TPSA) is 102 Å². The Morgan fingerprint density at radius 2 is 1.87 bits per heavy atom. The van der Waals surface area contributed by atoms with E-state index in [2.05, 4.69) is 10.3 Å². The van der Waals surface area contributed by atoms with Crippen molar-refractivity contribution < 1.29 is 4.79 Å². The molecule has 1 atom stereocenters. The molecule has 0 aliphatic heterocycles. The van der Waals surface area contributed by atoms with Crippen molar-refractivity contribution in [3.8, 4) is 11.3 Å². The smallest absolute Gasteiger partial charge is 0.258 e. The first kappa shape index (κ1) is 19.3. The van der Waals surface area contributed by atoms with Crippen molar-refractivity contribution in [3.05, 3.63) is 94.2 Å². The number of carbonyl (C=O) groups is 1. The highest BCUT2D eigenvalue weighted by Gasteiger charge is 2.16. The number of carbonyl (C=O) groups excluding carboxylic acids is 1. The lowest BCUT2D eigenvalue weighted by atomic mass is 10.1. The number of fused-ring (bicyclic) bond motifs is 1. The molecule has 150 valence electrons. The lowest BCUT2D eigenvalue weighted by Gasteiger charge is -2.20. The number of aromatic nitrogens is 3. The van der Waals surface area contributed by atoms with Gasteiger partial charge in [0.05, 0.1) is 17.3 Å². The molecule has 0 unspecified atom stereocenters. The van der Waals surface area contributed by atoms with E-state index in [4.69, 9.17) is 10.7 Å². The van der Waals surface area contributed by atoms with E-state index in [1.807, 2.05) is 38.1 Å². The summed E-state index contributed by atoms with van der Waals surface area (Å²) in [5.41, 5.74) is 10.1. The van der Waals surface area contributed by atoms with Crippen LogP contribution in [0, 0.1) is 6.92 Å². The molecule has 3 N–H and O–H groups in total. The van der Waals surface area contributed by atoms with Gasteiger partial charge in [-0.15, -0.1) is 0 Å². The fraction of sp³-hybridized carbons (Fsp3) is 0.130. The highest BCUT2D eigenvalue weighted by atomic mass is 16.1. The molecule has 1 aromatic carbocycles. The number of hydrogen-bond donors (Lipinski definition) is 2. The number of benzene rings is 1. The molecule has 7 heteroatoms. The van der Waals surface area contributed by atoms with Gasteiger partial charge in [-0.25, -0.2) is 4.98 Å². The molecule has 3 heterocycles. The SMILES string of the molecule is Cc1cc([C@@H](C)Nc2ccccc2C(N)=O)c2nc(-c3ccncc3)cc(=O)n2c1. The Morgan fingerprint density at radius 3 is 2.60 bits per heavy atom. The van der Waals surface area contributed by atoms with Gasteiger partial charge in [0.15, 0.2) is 0 Å². The average Bonchev–Trinajstić information content (AvgIpc) is 2.74. The Balaban J connectivity index is 1.85. The van der Waals surface area contributed by atoms with Crippen molar-refractivity contribution in [2.75, 3.05) is 5.32 Å². The van der Waals surface area contributed by atoms with Gasteiger partial charge in [0.2, 0.25) is 0 Å². The summed E-state index contributed by atoms with van der Waals surface area (Å²) in [4.78, 5) is 33.4. The molecule has 0 fully saturated rings. The van der Waals surface area contributed by atoms with Crippen molar-refractivity contribution in [1.82, 2.24) is 14.4 Å². The molecule has 0 saturated carbocycles. The first-order chi connectivity index (χ1) is 14.4. The summed E-state index contributed by atoms with van der Waals surface area (Å²) in [7, 11) is 0. The average molecular weight is 399 g/mol. The summed E-state index contributed by atoms with van der Waals surface area (Å²) in [5, 5.41) is 3.34. The minimum atomic E-state index is -0.506. The second-order valence-corrected chi connectivity index (χ2v) is 7.16. The van der Waals surface area contributed by atoms with E-state index >= 15 is 0 Å². The molecule has 0 saturated heterocycles. The molecule has 4 rings (SSSR count). The molecule has 30 heavy (non-hydrogen) atoms. The van der Waals surface area contributed by atoms with Gasteiger partial charge in [0.25, 0.3) is 11.5 Å². The number of nitrogens with one attached hydrogen (secondary N) is 1. The predicted octanol–water partition coefficient (Wildman–Crippen LogP) is 3.34. The first-order valence-corrected chi connectivity index (χ1v) is 9.54. The van der Waals surface area contributed by atoms with Crippen molar-refractivity contribution >= 4 is 17.2 Å². The van der Waals surface area contributed by atoms with Crippen LogP contribution in [-0.4, -0.2) is 20.3 Å². The van der Waals surface area contributed by atoms with Crippen LogP contribution in [-0.2, 0) is 0 Å². The highest BCUT2D eigenvalue weighted by molar-refractivity contribution is 5.98. The van der Waals surface area contributed by atoms with E-state index in [1.54, 1.807) is 41.2 Å². The zero-order valence-corrected chi connectivity index (χ0v) is 16.7. The van der Waals surface area contributed by atoms with Gasteiger partial charge in [-0.05, 0) is 49.7 Å². The van der Waals surface area contributed by atoms with Gasteiger partial charge in [-0.3, -0.25) is 19.0 Å². The summed E-state index contributed by atoms with van der Waals surface area (Å²) >= 11 is 0. The summed E-state index contributed by atoms with van der Waals surface area (Å²) in [6, 6.07) is 14.0. The monoisotopic (exact) mass is 399 g/mol. The predicted molar refractivity (Wildman–Crippen MR) is 116 cm³/mol. The second kappa shape index (κ2) is 7.79. The summed E-state index contributed by atoms with van der Waals surface area (Å²) in [6.45, 7) is 3.88. The molecular weight excluding hydrogens is 378 g/mol. The van der Waals surface area contributed by atoms with E-state index in [-0.39, 0.29) is 11.6 Å². The van der Waals surface area contributed by atoms with Crippen molar-refractivity contribution in [3.63, 3.8) is 0 Å². The third-order valence-corrected chi connectivity index (χ3v) is 4.93. The Labute approximate surface area is 173 Å². The van der Waals surface area contributed by atoms with Gasteiger partial charge in [0.1, 0.15) is 5.65 Å². The van der Waals surface area contributed by atoms with Crippen LogP contribution >= 0.6 is 0 Å². The van der Waals surface area contributed by atoms with Crippen LogP contribution in [0.1, 0.15) is 34.5 Å². The van der Waals surface area contributed by atoms with Crippen LogP contribution in [0.4, 0.5) is 5.69 Å². The van der Waals surface area contributed by atoms with Gasteiger partial charge in [-0.1, -0.05) is 12.1 Å². The minimum absolute atomic E-state index is 0.165. The maximum atomic E-state index is 12.8. The maximum Gasteiger partial charge on any atom is 0.258 e. The molecule has 7 nitrogen and oxygen atoms in total. The van der Waals surface area contributed by atoms with Crippen LogP contribution < -0.4 is 16.6 Å². The summed E-state index contributed by atoms with van der Waals surface area (Å²) in [5.74, 6) is -0.506. The van der Waals surface area contributed by atoms with Crippen LogP contribution in [0.2, 0.25) is 0 Å². The van der Waals surface area contributed by atoms with Gasteiger partial charge in [-0.2, -0.15) is 0 Å². The molecular formula is C23H21N5O2. The third-order valence-electron chi connectivity index (χ3n) is 4.93. The quantitative estimate of drug-likeness (QED) is 0.536. The fourth-order valence-corrected chi connectivity index (χ4v) is 3.49. The van der Waals surface area contributed by atoms with Crippen LogP contribution in [0.5, 0.6) is 0 Å². The van der Waals surface area contributed by atoms with Crippen molar-refractivity contribution in [2.45, 2.75) is 19.9 Å². The fourth-order valence-electron chi connectivity index (χ4n) is 3.49. The summed E-state index contributed by atoms with van der Waals surface area (Å²) < 4.78 is 1.55. The van der Waals surface area contributed by atoms with Crippen molar-refractivity contribution in [2.24, 2.45) is 5.73 Å². The highest BCUT2D eigenvalue weighted by Crippen LogP contribution is 2.26. The molecule has 1 amide bonds. The normalized spacial score (nSPS) is 11.9. The summed E-state index contributed by atoms with van der Waals surface area (Å²) in [6.07, 6.45) is 5.11. The van der Waals surface area contributed by atoms with Crippen LogP contribution in [0.3, 0.4) is 0 Å². The number of aryl methyl sites for hydroxylation is 1. The Morgan fingerprint density at radius 1 is 1.13 bits per heavy atom. The van der Waals surface area contributed by atoms with E-state index in [1.165, 1.54) is 6.07 Å². The largest absolute Gasteiger partial charge is 0.378 e. The van der Waals surface area contributed by atoms with Crippen LogP contribution in [0.15, 0.2) is 71.9 Å². The number of para-hydroxylation sites is 1. The number of primary amides is 1. The Kier molecular flexibility index (Phi) is 5.02. The Hall–Kier alpha value is -4.00. The molecule has 0 bridgehead atoms. The lowest BCUT2D eigenvalue weighted by molar-refractivity contribution is 0.100. The van der Waals surface area contributed by atoms with E-state index < -0.39 is 5.91 Å². The lowest BCUT2D eigenvalue weighted by Crippen LogP contribution is -2.20. The number of amides is 1. The van der Waals surface area contributed by atoms with Crippen LogP contribution in [0.25, 0.3) is 16.9 Å². The zero-order chi connectivity index (χ0) is 21.3. The van der Waals surface area contributed by atoms with Gasteiger partial charge in [0, 0.05) is 41.5 Å². The number of nitrogens with two attached hydrogens (primary N) is 1.